The number of nitrogens with two attached hydrogens (primary N) is 1. The highest BCUT2D eigenvalue weighted by Gasteiger charge is 2.36. The first-order chi connectivity index (χ1) is 9.49. The molecule has 4 N–H and O–H groups in total. The molecule has 0 aliphatic rings. The van der Waals surface area contributed by atoms with E-state index in [1.807, 2.05) is 24.3 Å². The highest BCUT2D eigenvalue weighted by Crippen LogP contribution is 2.22. The fraction of sp³-hybridized carbons (Fsp3) is 0.429. The summed E-state index contributed by atoms with van der Waals surface area (Å²) in [6, 6.07) is 7.42. The van der Waals surface area contributed by atoms with E-state index >= 15 is 0 Å². The molecule has 1 atom stereocenters. The Morgan fingerprint density at radius 2 is 2.15 bits per heavy atom. The Labute approximate surface area is 118 Å². The van der Waals surface area contributed by atoms with E-state index in [0.717, 1.165) is 5.56 Å². The van der Waals surface area contributed by atoms with Crippen LogP contribution in [-0.2, 0) is 11.3 Å². The molecule has 0 radical (unpaired) electrons. The van der Waals surface area contributed by atoms with E-state index in [1.54, 1.807) is 21.0 Å². The molecule has 6 heteroatoms. The third-order valence-corrected chi connectivity index (χ3v) is 3.51. The number of nitrogens with zero attached hydrogens (tertiary/aromatic N) is 1. The molecule has 0 aliphatic heterocycles. The highest BCUT2D eigenvalue weighted by atomic mass is 16.5. The quantitative estimate of drug-likeness (QED) is 0.318. The lowest BCUT2D eigenvalue weighted by atomic mass is 9.85. The van der Waals surface area contributed by atoms with Gasteiger partial charge in [0.15, 0.2) is 5.84 Å². The fourth-order valence-corrected chi connectivity index (χ4v) is 1.79. The lowest BCUT2D eigenvalue weighted by molar-refractivity contribution is -0.127. The van der Waals surface area contributed by atoms with Crippen molar-refractivity contribution in [2.75, 3.05) is 7.11 Å². The van der Waals surface area contributed by atoms with Gasteiger partial charge in [-0.15, -0.1) is 0 Å². The molecule has 1 rings (SSSR count). The second kappa shape index (κ2) is 6.79. The molecule has 0 aromatic heterocycles. The SMILES string of the molecule is CCC(C)(C(=O)NCc1ccccc1OC)/C(N)=N/O. The van der Waals surface area contributed by atoms with Crippen LogP contribution >= 0.6 is 0 Å². The number of methoxy groups -OCH3 is 1. The standard InChI is InChI=1S/C14H21N3O3/c1-4-14(2,12(15)17-19)13(18)16-9-10-7-5-6-8-11(10)20-3/h5-8,19H,4,9H2,1-3H3,(H2,15,17)(H,16,18). The Balaban J connectivity index is 2.81. The van der Waals surface area contributed by atoms with Crippen molar-refractivity contribution in [1.82, 2.24) is 5.32 Å². The summed E-state index contributed by atoms with van der Waals surface area (Å²) in [5, 5.41) is 14.5. The first-order valence-corrected chi connectivity index (χ1v) is 6.37. The minimum absolute atomic E-state index is 0.0995. The van der Waals surface area contributed by atoms with Crippen molar-refractivity contribution in [3.8, 4) is 5.75 Å². The zero-order valence-corrected chi connectivity index (χ0v) is 12.0. The van der Waals surface area contributed by atoms with E-state index in [0.29, 0.717) is 18.7 Å². The molecule has 0 spiro atoms. The first kappa shape index (κ1) is 15.8. The number of amides is 1. The molecule has 110 valence electrons. The zero-order chi connectivity index (χ0) is 15.2. The predicted molar refractivity (Wildman–Crippen MR) is 76.6 cm³/mol. The first-order valence-electron chi connectivity index (χ1n) is 6.37. The second-order valence-electron chi connectivity index (χ2n) is 4.67. The number of carbonyl (C=O) groups excluding carboxylic acids is 1. The van der Waals surface area contributed by atoms with Crippen LogP contribution in [0, 0.1) is 5.41 Å². The summed E-state index contributed by atoms with van der Waals surface area (Å²) in [7, 11) is 1.58. The van der Waals surface area contributed by atoms with Crippen LogP contribution < -0.4 is 15.8 Å². The van der Waals surface area contributed by atoms with Crippen molar-refractivity contribution in [2.24, 2.45) is 16.3 Å². The van der Waals surface area contributed by atoms with Crippen molar-refractivity contribution in [3.05, 3.63) is 29.8 Å². The van der Waals surface area contributed by atoms with Crippen LogP contribution in [0.4, 0.5) is 0 Å². The van der Waals surface area contributed by atoms with E-state index in [1.165, 1.54) is 0 Å². The van der Waals surface area contributed by atoms with Gasteiger partial charge < -0.3 is 21.0 Å². The number of ether oxygens (including phenoxy) is 1. The maximum atomic E-state index is 12.2. The third kappa shape index (κ3) is 3.20. The Kier molecular flexibility index (Phi) is 5.37. The molecule has 0 heterocycles. The smallest absolute Gasteiger partial charge is 0.233 e. The number of carbonyl (C=O) groups is 1. The Morgan fingerprint density at radius 3 is 2.70 bits per heavy atom. The minimum atomic E-state index is -1.03. The van der Waals surface area contributed by atoms with Gasteiger partial charge in [0, 0.05) is 12.1 Å². The van der Waals surface area contributed by atoms with Crippen LogP contribution in [0.1, 0.15) is 25.8 Å². The van der Waals surface area contributed by atoms with Crippen molar-refractivity contribution in [2.45, 2.75) is 26.8 Å². The molecule has 0 fully saturated rings. The second-order valence-corrected chi connectivity index (χ2v) is 4.67. The molecule has 0 saturated carbocycles. The van der Waals surface area contributed by atoms with Gasteiger partial charge in [0.1, 0.15) is 11.2 Å². The maximum absolute atomic E-state index is 12.2. The van der Waals surface area contributed by atoms with Crippen molar-refractivity contribution < 1.29 is 14.7 Å². The van der Waals surface area contributed by atoms with Gasteiger partial charge in [-0.1, -0.05) is 30.3 Å². The van der Waals surface area contributed by atoms with Crippen LogP contribution in [-0.4, -0.2) is 24.1 Å². The van der Waals surface area contributed by atoms with E-state index in [9.17, 15) is 4.79 Å². The van der Waals surface area contributed by atoms with Gasteiger partial charge in [0.05, 0.1) is 7.11 Å². The summed E-state index contributed by atoms with van der Waals surface area (Å²) in [5.74, 6) is 0.313. The Hall–Kier alpha value is -2.24. The minimum Gasteiger partial charge on any atom is -0.496 e. The number of para-hydroxylation sites is 1. The molecule has 0 aliphatic carbocycles. The van der Waals surface area contributed by atoms with Gasteiger partial charge in [0.2, 0.25) is 5.91 Å². The summed E-state index contributed by atoms with van der Waals surface area (Å²) in [6.45, 7) is 3.76. The van der Waals surface area contributed by atoms with Crippen molar-refractivity contribution in [1.29, 1.82) is 0 Å². The van der Waals surface area contributed by atoms with Gasteiger partial charge in [-0.3, -0.25) is 4.79 Å². The third-order valence-electron chi connectivity index (χ3n) is 3.51. The number of nitrogens with one attached hydrogen (secondary N) is 1. The molecule has 1 amide bonds. The normalized spacial score (nSPS) is 14.4. The van der Waals surface area contributed by atoms with Crippen LogP contribution in [0.5, 0.6) is 5.75 Å². The van der Waals surface area contributed by atoms with Gasteiger partial charge in [-0.2, -0.15) is 0 Å². The molecule has 6 nitrogen and oxygen atoms in total. The highest BCUT2D eigenvalue weighted by molar-refractivity contribution is 6.06. The average Bonchev–Trinajstić information content (AvgIpc) is 2.50. The number of hydrogen-bond donors (Lipinski definition) is 3. The van der Waals surface area contributed by atoms with E-state index in [2.05, 4.69) is 10.5 Å². The summed E-state index contributed by atoms with van der Waals surface area (Å²) in [6.07, 6.45) is 0.431. The summed E-state index contributed by atoms with van der Waals surface area (Å²) >= 11 is 0. The van der Waals surface area contributed by atoms with Crippen molar-refractivity contribution in [3.63, 3.8) is 0 Å². The van der Waals surface area contributed by atoms with Crippen LogP contribution in [0.3, 0.4) is 0 Å². The zero-order valence-electron chi connectivity index (χ0n) is 12.0. The maximum Gasteiger partial charge on any atom is 0.233 e. The molecule has 1 aromatic carbocycles. The lowest BCUT2D eigenvalue weighted by Crippen LogP contribution is -2.47. The summed E-state index contributed by atoms with van der Waals surface area (Å²) < 4.78 is 5.22. The van der Waals surface area contributed by atoms with Crippen LogP contribution in [0.15, 0.2) is 29.4 Å². The number of oxime groups is 1. The monoisotopic (exact) mass is 279 g/mol. The fourth-order valence-electron chi connectivity index (χ4n) is 1.79. The van der Waals surface area contributed by atoms with Gasteiger partial charge in [-0.25, -0.2) is 0 Å². The molecule has 1 unspecified atom stereocenters. The number of benzene rings is 1. The molecule has 1 aromatic rings. The van der Waals surface area contributed by atoms with E-state index in [4.69, 9.17) is 15.7 Å². The largest absolute Gasteiger partial charge is 0.496 e. The Bertz CT molecular complexity index is 502. The molecular weight excluding hydrogens is 258 g/mol. The van der Waals surface area contributed by atoms with E-state index in [-0.39, 0.29) is 11.7 Å². The van der Waals surface area contributed by atoms with Gasteiger partial charge in [-0.05, 0) is 19.4 Å². The summed E-state index contributed by atoms with van der Waals surface area (Å²) in [5.41, 5.74) is 5.43. The van der Waals surface area contributed by atoms with Gasteiger partial charge >= 0.3 is 0 Å². The lowest BCUT2D eigenvalue weighted by Gasteiger charge is -2.25. The molecular formula is C14H21N3O3. The molecule has 0 saturated heterocycles. The average molecular weight is 279 g/mol. The van der Waals surface area contributed by atoms with Crippen LogP contribution in [0.2, 0.25) is 0 Å². The predicted octanol–water partition coefficient (Wildman–Crippen LogP) is 1.47. The topological polar surface area (TPSA) is 96.9 Å². The number of rotatable bonds is 6. The van der Waals surface area contributed by atoms with E-state index < -0.39 is 5.41 Å². The van der Waals surface area contributed by atoms with Crippen LogP contribution in [0.25, 0.3) is 0 Å². The molecule has 0 bridgehead atoms. The van der Waals surface area contributed by atoms with Crippen molar-refractivity contribution >= 4 is 11.7 Å². The van der Waals surface area contributed by atoms with Gasteiger partial charge in [0.25, 0.3) is 0 Å². The Morgan fingerprint density at radius 1 is 1.50 bits per heavy atom. The number of amidine groups is 1. The summed E-state index contributed by atoms with van der Waals surface area (Å²) in [4.78, 5) is 12.2. The molecule has 20 heavy (non-hydrogen) atoms. The number of hydrogen-bond acceptors (Lipinski definition) is 4.